The summed E-state index contributed by atoms with van der Waals surface area (Å²) in [4.78, 5) is 0. The van der Waals surface area contributed by atoms with Crippen LogP contribution in [0.1, 0.15) is 13.3 Å². The molecule has 0 bridgehead atoms. The van der Waals surface area contributed by atoms with Crippen LogP contribution < -0.4 is 0 Å². The average molecular weight is 180 g/mol. The van der Waals surface area contributed by atoms with Crippen molar-refractivity contribution in [3.63, 3.8) is 0 Å². The van der Waals surface area contributed by atoms with E-state index in [0.29, 0.717) is 0 Å². The van der Waals surface area contributed by atoms with Crippen LogP contribution in [0.15, 0.2) is 0 Å². The van der Waals surface area contributed by atoms with Gasteiger partial charge in [-0.05, 0) is 0 Å². The van der Waals surface area contributed by atoms with Gasteiger partial charge in [-0.3, -0.25) is 0 Å². The standard InChI is InChI=1S/C5H13AsO2/c1-2-5(6,3-7)4-8/h7-8H,2-4,6H2,1H3. The molecule has 2 nitrogen and oxygen atoms in total. The van der Waals surface area contributed by atoms with Crippen LogP contribution >= 0.6 is 0 Å². The third-order valence-corrected chi connectivity index (χ3v) is 2.96. The zero-order valence-corrected chi connectivity index (χ0v) is 7.52. The molecule has 0 aliphatic rings. The first-order valence-electron chi connectivity index (χ1n) is 2.69. The van der Waals surface area contributed by atoms with E-state index in [1.54, 1.807) is 0 Å². The molecule has 0 spiro atoms. The topological polar surface area (TPSA) is 40.5 Å². The molecule has 50 valence electrons. The summed E-state index contributed by atoms with van der Waals surface area (Å²) in [6.07, 6.45) is 0.847. The van der Waals surface area contributed by atoms with Crippen molar-refractivity contribution in [1.82, 2.24) is 0 Å². The number of hydrogen-bond donors (Lipinski definition) is 2. The Morgan fingerprint density at radius 1 is 1.38 bits per heavy atom. The summed E-state index contributed by atoms with van der Waals surface area (Å²) in [6.45, 7) is 2.16. The van der Waals surface area contributed by atoms with Crippen LogP contribution in [0.2, 0.25) is 4.20 Å². The summed E-state index contributed by atoms with van der Waals surface area (Å²) >= 11 is 1.41. The Labute approximate surface area is 58.4 Å². The minimum absolute atomic E-state index is 0.0972. The quantitative estimate of drug-likeness (QED) is 0.556. The molecule has 0 amide bonds. The summed E-state index contributed by atoms with van der Waals surface area (Å²) in [5.74, 6) is 0. The third-order valence-electron chi connectivity index (χ3n) is 1.33. The predicted molar refractivity (Wildman–Crippen MR) is 35.7 cm³/mol. The summed E-state index contributed by atoms with van der Waals surface area (Å²) in [6, 6.07) is 0. The molecule has 1 atom stereocenters. The van der Waals surface area contributed by atoms with Gasteiger partial charge in [0.25, 0.3) is 0 Å². The second kappa shape index (κ2) is 3.49. The van der Waals surface area contributed by atoms with Gasteiger partial charge in [0, 0.05) is 0 Å². The van der Waals surface area contributed by atoms with Crippen molar-refractivity contribution in [1.29, 1.82) is 0 Å². The van der Waals surface area contributed by atoms with Gasteiger partial charge >= 0.3 is 57.8 Å². The molecule has 0 saturated heterocycles. The van der Waals surface area contributed by atoms with Crippen LogP contribution in [0.4, 0.5) is 0 Å². The molecule has 0 saturated carbocycles. The van der Waals surface area contributed by atoms with Crippen molar-refractivity contribution in [2.24, 2.45) is 0 Å². The molecule has 3 heteroatoms. The van der Waals surface area contributed by atoms with Crippen molar-refractivity contribution < 1.29 is 10.2 Å². The van der Waals surface area contributed by atoms with Gasteiger partial charge in [0.2, 0.25) is 0 Å². The van der Waals surface area contributed by atoms with Gasteiger partial charge in [0.05, 0.1) is 0 Å². The first kappa shape index (κ1) is 8.48. The second-order valence-corrected chi connectivity index (χ2v) is 4.60. The summed E-state index contributed by atoms with van der Waals surface area (Å²) in [7, 11) is 0. The molecular formula is C5H13AsO2. The number of rotatable bonds is 3. The van der Waals surface area contributed by atoms with E-state index in [9.17, 15) is 0 Å². The van der Waals surface area contributed by atoms with E-state index in [0.717, 1.165) is 6.42 Å². The molecule has 2 N–H and O–H groups in total. The second-order valence-electron chi connectivity index (χ2n) is 2.03. The van der Waals surface area contributed by atoms with Crippen molar-refractivity contribution >= 4 is 16.9 Å². The van der Waals surface area contributed by atoms with E-state index in [1.807, 2.05) is 6.92 Å². The molecule has 0 aromatic heterocycles. The Hall–Kier alpha value is 0.478. The van der Waals surface area contributed by atoms with Gasteiger partial charge in [-0.15, -0.1) is 0 Å². The van der Waals surface area contributed by atoms with E-state index in [4.69, 9.17) is 10.2 Å². The van der Waals surface area contributed by atoms with Crippen LogP contribution in [-0.4, -0.2) is 40.3 Å². The fraction of sp³-hybridized carbons (Fsp3) is 1.00. The first-order chi connectivity index (χ1) is 3.68. The van der Waals surface area contributed by atoms with E-state index in [2.05, 4.69) is 0 Å². The van der Waals surface area contributed by atoms with E-state index >= 15 is 0 Å². The predicted octanol–water partition coefficient (Wildman–Crippen LogP) is -0.827. The molecule has 0 aliphatic heterocycles. The number of aliphatic hydroxyl groups excluding tert-OH is 2. The summed E-state index contributed by atoms with van der Waals surface area (Å²) in [5.41, 5.74) is 0. The third kappa shape index (κ3) is 2.16. The van der Waals surface area contributed by atoms with Crippen LogP contribution in [-0.2, 0) is 0 Å². The van der Waals surface area contributed by atoms with Crippen molar-refractivity contribution in [3.05, 3.63) is 0 Å². The Bertz CT molecular complexity index is 53.2. The minimum atomic E-state index is -0.201. The van der Waals surface area contributed by atoms with Crippen LogP contribution in [0, 0.1) is 0 Å². The number of hydrogen-bond acceptors (Lipinski definition) is 2. The van der Waals surface area contributed by atoms with Crippen molar-refractivity contribution in [2.45, 2.75) is 17.5 Å². The van der Waals surface area contributed by atoms with Gasteiger partial charge in [-0.25, -0.2) is 0 Å². The van der Waals surface area contributed by atoms with Gasteiger partial charge in [-0.1, -0.05) is 0 Å². The molecule has 0 aromatic carbocycles. The van der Waals surface area contributed by atoms with Crippen molar-refractivity contribution in [2.75, 3.05) is 13.2 Å². The molecule has 8 heavy (non-hydrogen) atoms. The normalized spacial score (nSPS) is 12.0. The van der Waals surface area contributed by atoms with Crippen LogP contribution in [0.25, 0.3) is 0 Å². The summed E-state index contributed by atoms with van der Waals surface area (Å²) in [5, 5.41) is 17.3. The van der Waals surface area contributed by atoms with Gasteiger partial charge in [-0.2, -0.15) is 0 Å². The van der Waals surface area contributed by atoms with Gasteiger partial charge in [0.1, 0.15) is 0 Å². The Morgan fingerprint density at radius 2 is 1.75 bits per heavy atom. The maximum absolute atomic E-state index is 8.64. The molecular weight excluding hydrogens is 167 g/mol. The zero-order chi connectivity index (χ0) is 6.62. The Kier molecular flexibility index (Phi) is 3.70. The molecule has 0 heterocycles. The zero-order valence-electron chi connectivity index (χ0n) is 5.09. The van der Waals surface area contributed by atoms with E-state index < -0.39 is 0 Å². The van der Waals surface area contributed by atoms with Gasteiger partial charge < -0.3 is 0 Å². The molecule has 0 rings (SSSR count). The van der Waals surface area contributed by atoms with Crippen molar-refractivity contribution in [3.8, 4) is 0 Å². The molecule has 0 fully saturated rings. The Morgan fingerprint density at radius 3 is 1.75 bits per heavy atom. The van der Waals surface area contributed by atoms with Gasteiger partial charge in [0.15, 0.2) is 0 Å². The summed E-state index contributed by atoms with van der Waals surface area (Å²) < 4.78 is -0.201. The molecule has 0 radical (unpaired) electrons. The van der Waals surface area contributed by atoms with Crippen LogP contribution in [0.3, 0.4) is 0 Å². The molecule has 0 aliphatic carbocycles. The average Bonchev–Trinajstić information content (AvgIpc) is 1.87. The molecule has 0 aromatic rings. The fourth-order valence-electron chi connectivity index (χ4n) is 0.274. The van der Waals surface area contributed by atoms with Crippen LogP contribution in [0.5, 0.6) is 0 Å². The first-order valence-corrected chi connectivity index (χ1v) is 3.90. The fourth-order valence-corrected chi connectivity index (χ4v) is 0.274. The molecule has 1 unspecified atom stereocenters. The Balaban J connectivity index is 3.58. The monoisotopic (exact) mass is 180 g/mol. The number of aliphatic hydroxyl groups is 2. The van der Waals surface area contributed by atoms with E-state index in [-0.39, 0.29) is 17.4 Å². The SMILES string of the molecule is CCC([AsH2])(CO)CO. The maximum atomic E-state index is 8.64. The van der Waals surface area contributed by atoms with E-state index in [1.165, 1.54) is 16.9 Å².